The number of nitrogens with one attached hydrogen (secondary N) is 2. The first kappa shape index (κ1) is 23.7. The van der Waals surface area contributed by atoms with Gasteiger partial charge >= 0.3 is 0 Å². The fraction of sp³-hybridized carbons (Fsp3) is 0.571. The van der Waals surface area contributed by atoms with E-state index in [-0.39, 0.29) is 18.5 Å². The topological polar surface area (TPSA) is 108 Å². The van der Waals surface area contributed by atoms with Crippen LogP contribution in [0.3, 0.4) is 0 Å². The van der Waals surface area contributed by atoms with E-state index in [0.717, 1.165) is 48.8 Å². The van der Waals surface area contributed by atoms with Gasteiger partial charge in [0, 0.05) is 18.3 Å². The van der Waals surface area contributed by atoms with Gasteiger partial charge in [-0.05, 0) is 44.7 Å². The number of carbonyl (C=O) groups excluding carboxylic acids is 1. The molecule has 0 radical (unpaired) electrons. The molecule has 31 heavy (non-hydrogen) atoms. The minimum Gasteiger partial charge on any atom is -0.354 e. The number of hydrogen-bond acceptors (Lipinski definition) is 6. The van der Waals surface area contributed by atoms with Crippen LogP contribution in [0.5, 0.6) is 0 Å². The maximum absolute atomic E-state index is 13.7. The molecule has 0 atom stereocenters. The molecule has 8 nitrogen and oxygen atoms in total. The number of nitrogens with zero attached hydrogens (tertiary/aromatic N) is 3. The quantitative estimate of drug-likeness (QED) is 0.435. The Morgan fingerprint density at radius 2 is 1.87 bits per heavy atom. The highest BCUT2D eigenvalue weighted by molar-refractivity contribution is 7.99. The summed E-state index contributed by atoms with van der Waals surface area (Å²) in [7, 11) is -3.80. The third-order valence-electron chi connectivity index (χ3n) is 5.51. The van der Waals surface area contributed by atoms with Gasteiger partial charge in [0.1, 0.15) is 6.33 Å². The van der Waals surface area contributed by atoms with Crippen LogP contribution in [0, 0.1) is 20.8 Å². The number of benzene rings is 1. The normalized spacial score (nSPS) is 15.4. The number of H-pyrrole nitrogens is 1. The lowest BCUT2D eigenvalue weighted by Crippen LogP contribution is -2.47. The van der Waals surface area contributed by atoms with E-state index in [4.69, 9.17) is 0 Å². The van der Waals surface area contributed by atoms with Crippen molar-refractivity contribution < 1.29 is 13.2 Å². The van der Waals surface area contributed by atoms with E-state index < -0.39 is 10.0 Å². The Labute approximate surface area is 188 Å². The zero-order valence-corrected chi connectivity index (χ0v) is 20.0. The molecular formula is C21H31N5O3S2. The van der Waals surface area contributed by atoms with Gasteiger partial charge in [0.2, 0.25) is 15.9 Å². The molecule has 0 saturated heterocycles. The van der Waals surface area contributed by atoms with E-state index in [1.807, 2.05) is 32.9 Å². The predicted molar refractivity (Wildman–Crippen MR) is 122 cm³/mol. The van der Waals surface area contributed by atoms with Gasteiger partial charge in [0.05, 0.1) is 11.4 Å². The third kappa shape index (κ3) is 6.08. The molecule has 3 rings (SSSR count). The van der Waals surface area contributed by atoms with Crippen molar-refractivity contribution in [1.29, 1.82) is 0 Å². The van der Waals surface area contributed by atoms with Crippen LogP contribution in [0.2, 0.25) is 0 Å². The van der Waals surface area contributed by atoms with Crippen LogP contribution in [-0.2, 0) is 14.8 Å². The number of aromatic amines is 1. The summed E-state index contributed by atoms with van der Waals surface area (Å²) in [6, 6.07) is 3.63. The van der Waals surface area contributed by atoms with Gasteiger partial charge in [-0.25, -0.2) is 13.4 Å². The van der Waals surface area contributed by atoms with Gasteiger partial charge in [-0.1, -0.05) is 48.7 Å². The molecule has 1 saturated carbocycles. The lowest BCUT2D eigenvalue weighted by Gasteiger charge is -2.33. The Balaban J connectivity index is 1.74. The molecule has 1 fully saturated rings. The minimum absolute atomic E-state index is 0.145. The Morgan fingerprint density at radius 3 is 2.48 bits per heavy atom. The van der Waals surface area contributed by atoms with Crippen LogP contribution >= 0.6 is 11.8 Å². The van der Waals surface area contributed by atoms with Gasteiger partial charge in [0.15, 0.2) is 5.16 Å². The molecule has 0 aliphatic heterocycles. The molecule has 1 aromatic heterocycles. The van der Waals surface area contributed by atoms with Crippen LogP contribution in [-0.4, -0.2) is 58.7 Å². The summed E-state index contributed by atoms with van der Waals surface area (Å²) in [6.07, 6.45) is 6.09. The maximum Gasteiger partial charge on any atom is 0.244 e. The van der Waals surface area contributed by atoms with Crippen LogP contribution in [0.4, 0.5) is 0 Å². The van der Waals surface area contributed by atoms with E-state index in [1.165, 1.54) is 22.4 Å². The second-order valence-electron chi connectivity index (χ2n) is 8.06. The lowest BCUT2D eigenvalue weighted by atomic mass is 9.95. The zero-order chi connectivity index (χ0) is 22.4. The Morgan fingerprint density at radius 1 is 1.19 bits per heavy atom. The highest BCUT2D eigenvalue weighted by atomic mass is 32.2. The molecular weight excluding hydrogens is 434 g/mol. The molecule has 1 heterocycles. The summed E-state index contributed by atoms with van der Waals surface area (Å²) in [6.45, 7) is 5.87. The molecule has 0 spiro atoms. The number of aryl methyl sites for hydroxylation is 3. The number of hydrogen-bond donors (Lipinski definition) is 2. The number of rotatable bonds is 9. The van der Waals surface area contributed by atoms with E-state index >= 15 is 0 Å². The van der Waals surface area contributed by atoms with Gasteiger partial charge in [-0.3, -0.25) is 9.89 Å². The lowest BCUT2D eigenvalue weighted by molar-refractivity contribution is -0.121. The van der Waals surface area contributed by atoms with Crippen molar-refractivity contribution in [3.8, 4) is 0 Å². The Bertz CT molecular complexity index is 963. The number of sulfonamides is 1. The summed E-state index contributed by atoms with van der Waals surface area (Å²) in [5.74, 6) is 0.336. The second-order valence-corrected chi connectivity index (χ2v) is 11.0. The third-order valence-corrected chi connectivity index (χ3v) is 8.59. The summed E-state index contributed by atoms with van der Waals surface area (Å²) < 4.78 is 28.9. The summed E-state index contributed by atoms with van der Waals surface area (Å²) in [5, 5.41) is 10.1. The van der Waals surface area contributed by atoms with Gasteiger partial charge in [-0.2, -0.15) is 9.40 Å². The summed E-state index contributed by atoms with van der Waals surface area (Å²) in [5.41, 5.74) is 2.48. The average molecular weight is 466 g/mol. The first-order valence-corrected chi connectivity index (χ1v) is 13.1. The van der Waals surface area contributed by atoms with Crippen molar-refractivity contribution in [2.45, 2.75) is 69.0 Å². The highest BCUT2D eigenvalue weighted by Gasteiger charge is 2.35. The van der Waals surface area contributed by atoms with Crippen molar-refractivity contribution >= 4 is 27.7 Å². The van der Waals surface area contributed by atoms with Gasteiger partial charge in [-0.15, -0.1) is 0 Å². The van der Waals surface area contributed by atoms with Crippen LogP contribution < -0.4 is 5.32 Å². The largest absolute Gasteiger partial charge is 0.354 e. The molecule has 170 valence electrons. The maximum atomic E-state index is 13.7. The smallest absolute Gasteiger partial charge is 0.244 e. The van der Waals surface area contributed by atoms with E-state index in [0.29, 0.717) is 22.3 Å². The number of amides is 1. The Kier molecular flexibility index (Phi) is 8.12. The first-order valence-electron chi connectivity index (χ1n) is 10.6. The molecule has 1 aliphatic carbocycles. The first-order chi connectivity index (χ1) is 14.8. The second kappa shape index (κ2) is 10.6. The highest BCUT2D eigenvalue weighted by Crippen LogP contribution is 2.31. The van der Waals surface area contributed by atoms with Crippen molar-refractivity contribution in [3.05, 3.63) is 35.2 Å². The number of thioether (sulfide) groups is 1. The fourth-order valence-corrected chi connectivity index (χ4v) is 6.96. The summed E-state index contributed by atoms with van der Waals surface area (Å²) in [4.78, 5) is 17.1. The number of carbonyl (C=O) groups is 1. The van der Waals surface area contributed by atoms with E-state index in [1.54, 1.807) is 0 Å². The summed E-state index contributed by atoms with van der Waals surface area (Å²) >= 11 is 1.45. The predicted octanol–water partition coefficient (Wildman–Crippen LogP) is 2.96. The standard InChI is InChI=1S/C21H31N5O3S2/c1-15-11-16(2)20(17(3)12-15)31(28,29)26(18-7-5-4-6-8-18)13-19(27)22-9-10-30-21-23-14-24-25-21/h11-12,14,18H,4-10,13H2,1-3H3,(H,22,27)(H,23,24,25). The molecule has 0 unspecified atom stereocenters. The molecule has 0 bridgehead atoms. The van der Waals surface area contributed by atoms with Gasteiger partial charge in [0.25, 0.3) is 0 Å². The molecule has 1 amide bonds. The van der Waals surface area contributed by atoms with Crippen LogP contribution in [0.25, 0.3) is 0 Å². The van der Waals surface area contributed by atoms with Gasteiger partial charge < -0.3 is 5.32 Å². The SMILES string of the molecule is Cc1cc(C)c(S(=O)(=O)N(CC(=O)NCCSc2ncn[nH]2)C2CCCCC2)c(C)c1. The molecule has 1 aromatic carbocycles. The van der Waals surface area contributed by atoms with Crippen molar-refractivity contribution in [3.63, 3.8) is 0 Å². The van der Waals surface area contributed by atoms with Crippen molar-refractivity contribution in [2.75, 3.05) is 18.8 Å². The van der Waals surface area contributed by atoms with Crippen LogP contribution in [0.15, 0.2) is 28.5 Å². The monoisotopic (exact) mass is 465 g/mol. The molecule has 2 N–H and O–H groups in total. The van der Waals surface area contributed by atoms with Crippen molar-refractivity contribution in [2.24, 2.45) is 0 Å². The fourth-order valence-electron chi connectivity index (χ4n) is 4.27. The molecule has 2 aromatic rings. The van der Waals surface area contributed by atoms with Crippen LogP contribution in [0.1, 0.15) is 48.8 Å². The molecule has 1 aliphatic rings. The molecule has 10 heteroatoms. The van der Waals surface area contributed by atoms with E-state index in [2.05, 4.69) is 20.5 Å². The number of aromatic nitrogens is 3. The minimum atomic E-state index is -3.80. The average Bonchev–Trinajstić information content (AvgIpc) is 3.22. The van der Waals surface area contributed by atoms with E-state index in [9.17, 15) is 13.2 Å². The zero-order valence-electron chi connectivity index (χ0n) is 18.3. The van der Waals surface area contributed by atoms with Crippen molar-refractivity contribution in [1.82, 2.24) is 24.8 Å². The Hall–Kier alpha value is -1.91.